The second kappa shape index (κ2) is 5.24. The van der Waals surface area contributed by atoms with Crippen LogP contribution >= 0.6 is 0 Å². The lowest BCUT2D eigenvalue weighted by molar-refractivity contribution is 1.26. The first-order chi connectivity index (χ1) is 6.81. The average molecular weight is 185 g/mol. The SMILES string of the molecule is CC/C=c1/ccc(C#N)c/c1=C/CC. The highest BCUT2D eigenvalue weighted by atomic mass is 14.2. The van der Waals surface area contributed by atoms with Crippen LogP contribution in [0.2, 0.25) is 0 Å². The minimum Gasteiger partial charge on any atom is -0.192 e. The summed E-state index contributed by atoms with van der Waals surface area (Å²) in [6, 6.07) is 8.00. The van der Waals surface area contributed by atoms with E-state index >= 15 is 0 Å². The van der Waals surface area contributed by atoms with Gasteiger partial charge in [-0.3, -0.25) is 0 Å². The van der Waals surface area contributed by atoms with Crippen LogP contribution in [0.25, 0.3) is 12.2 Å². The molecular weight excluding hydrogens is 170 g/mol. The van der Waals surface area contributed by atoms with Crippen molar-refractivity contribution in [1.29, 1.82) is 5.26 Å². The van der Waals surface area contributed by atoms with Crippen molar-refractivity contribution in [2.45, 2.75) is 26.7 Å². The van der Waals surface area contributed by atoms with Crippen LogP contribution < -0.4 is 10.4 Å². The summed E-state index contributed by atoms with van der Waals surface area (Å²) in [6.07, 6.45) is 6.36. The van der Waals surface area contributed by atoms with Crippen LogP contribution in [0.5, 0.6) is 0 Å². The van der Waals surface area contributed by atoms with Gasteiger partial charge in [0, 0.05) is 0 Å². The topological polar surface area (TPSA) is 23.8 Å². The van der Waals surface area contributed by atoms with Crippen LogP contribution in [0.15, 0.2) is 18.2 Å². The molecule has 0 saturated carbocycles. The van der Waals surface area contributed by atoms with Gasteiger partial charge < -0.3 is 0 Å². The lowest BCUT2D eigenvalue weighted by Crippen LogP contribution is -2.24. The van der Waals surface area contributed by atoms with Crippen molar-refractivity contribution in [3.8, 4) is 6.07 Å². The van der Waals surface area contributed by atoms with Gasteiger partial charge in [-0.1, -0.05) is 32.1 Å². The van der Waals surface area contributed by atoms with E-state index in [9.17, 15) is 0 Å². The molecule has 0 aliphatic rings. The average Bonchev–Trinajstić information content (AvgIpc) is 2.21. The van der Waals surface area contributed by atoms with E-state index in [2.05, 4.69) is 32.1 Å². The molecule has 0 aliphatic carbocycles. The monoisotopic (exact) mass is 185 g/mol. The van der Waals surface area contributed by atoms with E-state index in [1.54, 1.807) is 0 Å². The number of hydrogen-bond donors (Lipinski definition) is 0. The molecule has 1 aromatic carbocycles. The molecule has 1 aromatic rings. The second-order valence-electron chi connectivity index (χ2n) is 3.18. The fourth-order valence-electron chi connectivity index (χ4n) is 1.45. The van der Waals surface area contributed by atoms with Crippen LogP contribution in [0.4, 0.5) is 0 Å². The standard InChI is InChI=1S/C13H15N/c1-3-5-12-8-7-11(10-14)9-13(12)6-4-2/h5-9H,3-4H2,1-2H3/b12-5-,13-6-. The Morgan fingerprint density at radius 1 is 1.14 bits per heavy atom. The molecule has 0 aliphatic heterocycles. The first-order valence-electron chi connectivity index (χ1n) is 5.02. The molecule has 0 saturated heterocycles. The molecule has 0 unspecified atom stereocenters. The molecule has 0 N–H and O–H groups in total. The maximum absolute atomic E-state index is 8.78. The number of hydrogen-bond acceptors (Lipinski definition) is 1. The third-order valence-electron chi connectivity index (χ3n) is 2.06. The van der Waals surface area contributed by atoms with Crippen molar-refractivity contribution >= 4 is 12.2 Å². The Morgan fingerprint density at radius 3 is 2.36 bits per heavy atom. The maximum atomic E-state index is 8.78. The van der Waals surface area contributed by atoms with Gasteiger partial charge in [0.2, 0.25) is 0 Å². The van der Waals surface area contributed by atoms with Crippen LogP contribution in [-0.4, -0.2) is 0 Å². The van der Waals surface area contributed by atoms with E-state index in [1.165, 1.54) is 10.4 Å². The fourth-order valence-corrected chi connectivity index (χ4v) is 1.45. The summed E-state index contributed by atoms with van der Waals surface area (Å²) in [6.45, 7) is 4.22. The van der Waals surface area contributed by atoms with Gasteiger partial charge in [-0.25, -0.2) is 0 Å². The highest BCUT2D eigenvalue weighted by Gasteiger charge is 1.89. The molecule has 72 valence electrons. The van der Waals surface area contributed by atoms with Crippen LogP contribution in [0.1, 0.15) is 32.3 Å². The predicted octanol–water partition coefficient (Wildman–Crippen LogP) is 1.94. The predicted molar refractivity (Wildman–Crippen MR) is 59.9 cm³/mol. The molecule has 0 heterocycles. The summed E-state index contributed by atoms with van der Waals surface area (Å²) in [5.41, 5.74) is 0.734. The van der Waals surface area contributed by atoms with Gasteiger partial charge >= 0.3 is 0 Å². The van der Waals surface area contributed by atoms with Crippen molar-refractivity contribution < 1.29 is 0 Å². The quantitative estimate of drug-likeness (QED) is 0.690. The molecule has 14 heavy (non-hydrogen) atoms. The van der Waals surface area contributed by atoms with Crippen molar-refractivity contribution in [3.05, 3.63) is 34.2 Å². The first-order valence-corrected chi connectivity index (χ1v) is 5.02. The van der Waals surface area contributed by atoms with E-state index in [-0.39, 0.29) is 0 Å². The maximum Gasteiger partial charge on any atom is 0.0991 e. The Morgan fingerprint density at radius 2 is 1.79 bits per heavy atom. The molecule has 0 fully saturated rings. The summed E-state index contributed by atoms with van der Waals surface area (Å²) in [7, 11) is 0. The minimum atomic E-state index is 0.734. The summed E-state index contributed by atoms with van der Waals surface area (Å²) >= 11 is 0. The smallest absolute Gasteiger partial charge is 0.0991 e. The number of rotatable bonds is 2. The molecule has 1 nitrogen and oxygen atoms in total. The van der Waals surface area contributed by atoms with Gasteiger partial charge in [0.15, 0.2) is 0 Å². The van der Waals surface area contributed by atoms with Gasteiger partial charge in [0.25, 0.3) is 0 Å². The highest BCUT2D eigenvalue weighted by Crippen LogP contribution is 1.88. The Bertz CT molecular complexity index is 449. The molecule has 0 aromatic heterocycles. The van der Waals surface area contributed by atoms with Crippen LogP contribution in [0, 0.1) is 11.3 Å². The van der Waals surface area contributed by atoms with Gasteiger partial charge in [0.05, 0.1) is 11.6 Å². The zero-order valence-electron chi connectivity index (χ0n) is 8.75. The number of benzene rings is 1. The van der Waals surface area contributed by atoms with E-state index in [0.717, 1.165) is 18.4 Å². The molecule has 1 rings (SSSR count). The second-order valence-corrected chi connectivity index (χ2v) is 3.18. The normalized spacial score (nSPS) is 12.9. The summed E-state index contributed by atoms with van der Waals surface area (Å²) < 4.78 is 0. The Hall–Kier alpha value is -1.55. The Kier molecular flexibility index (Phi) is 3.94. The number of nitriles is 1. The largest absolute Gasteiger partial charge is 0.192 e. The minimum absolute atomic E-state index is 0.734. The van der Waals surface area contributed by atoms with Crippen molar-refractivity contribution in [2.75, 3.05) is 0 Å². The van der Waals surface area contributed by atoms with E-state index in [4.69, 9.17) is 5.26 Å². The van der Waals surface area contributed by atoms with Crippen LogP contribution in [0.3, 0.4) is 0 Å². The third-order valence-corrected chi connectivity index (χ3v) is 2.06. The molecular formula is C13H15N. The highest BCUT2D eigenvalue weighted by molar-refractivity contribution is 5.37. The Balaban J connectivity index is 3.42. The Labute approximate surface area is 85.0 Å². The van der Waals surface area contributed by atoms with Gasteiger partial charge in [-0.2, -0.15) is 5.26 Å². The third kappa shape index (κ3) is 2.47. The van der Waals surface area contributed by atoms with E-state index in [0.29, 0.717) is 0 Å². The van der Waals surface area contributed by atoms with Gasteiger partial charge in [-0.05, 0) is 35.4 Å². The van der Waals surface area contributed by atoms with Crippen molar-refractivity contribution in [1.82, 2.24) is 0 Å². The molecule has 1 heteroatoms. The van der Waals surface area contributed by atoms with Crippen molar-refractivity contribution in [3.63, 3.8) is 0 Å². The van der Waals surface area contributed by atoms with Gasteiger partial charge in [-0.15, -0.1) is 0 Å². The molecule has 0 amide bonds. The molecule has 0 spiro atoms. The lowest BCUT2D eigenvalue weighted by atomic mass is 10.1. The van der Waals surface area contributed by atoms with E-state index in [1.807, 2.05) is 18.2 Å². The number of nitrogens with zero attached hydrogens (tertiary/aromatic N) is 1. The first kappa shape index (κ1) is 10.5. The lowest BCUT2D eigenvalue weighted by Gasteiger charge is -1.92. The molecule has 0 atom stereocenters. The fraction of sp³-hybridized carbons (Fsp3) is 0.308. The van der Waals surface area contributed by atoms with E-state index < -0.39 is 0 Å². The molecule has 0 radical (unpaired) electrons. The summed E-state index contributed by atoms with van der Waals surface area (Å²) in [5, 5.41) is 11.2. The van der Waals surface area contributed by atoms with Crippen molar-refractivity contribution in [2.24, 2.45) is 0 Å². The molecule has 0 bridgehead atoms. The summed E-state index contributed by atoms with van der Waals surface area (Å²) in [5.74, 6) is 0. The van der Waals surface area contributed by atoms with Crippen LogP contribution in [-0.2, 0) is 0 Å². The van der Waals surface area contributed by atoms with Gasteiger partial charge in [0.1, 0.15) is 0 Å². The summed E-state index contributed by atoms with van der Waals surface area (Å²) in [4.78, 5) is 0. The zero-order chi connectivity index (χ0) is 10.4. The zero-order valence-corrected chi connectivity index (χ0v) is 8.75.